The third-order valence-corrected chi connectivity index (χ3v) is 1.95. The molecule has 0 spiro atoms. The highest BCUT2D eigenvalue weighted by molar-refractivity contribution is 5.27. The predicted molar refractivity (Wildman–Crippen MR) is 53.3 cm³/mol. The SMILES string of the molecule is C=CCNCc1ccc(F)c(C(F)(F)F)c1. The Morgan fingerprint density at radius 2 is 2.00 bits per heavy atom. The van der Waals surface area contributed by atoms with E-state index in [1.165, 1.54) is 6.07 Å². The van der Waals surface area contributed by atoms with Crippen LogP contribution >= 0.6 is 0 Å². The molecule has 16 heavy (non-hydrogen) atoms. The molecule has 5 heteroatoms. The summed E-state index contributed by atoms with van der Waals surface area (Å²) in [6, 6.07) is 2.96. The molecular weight excluding hydrogens is 222 g/mol. The van der Waals surface area contributed by atoms with E-state index in [0.29, 0.717) is 12.1 Å². The first kappa shape index (κ1) is 12.7. The maximum Gasteiger partial charge on any atom is 0.419 e. The lowest BCUT2D eigenvalue weighted by molar-refractivity contribution is -0.140. The first-order chi connectivity index (χ1) is 7.45. The zero-order valence-corrected chi connectivity index (χ0v) is 8.44. The molecule has 0 heterocycles. The first-order valence-corrected chi connectivity index (χ1v) is 4.62. The van der Waals surface area contributed by atoms with Gasteiger partial charge in [-0.2, -0.15) is 13.2 Å². The number of nitrogens with one attached hydrogen (secondary N) is 1. The summed E-state index contributed by atoms with van der Waals surface area (Å²) in [6.45, 7) is 4.19. The van der Waals surface area contributed by atoms with Gasteiger partial charge in [0.1, 0.15) is 5.82 Å². The molecule has 0 saturated heterocycles. The van der Waals surface area contributed by atoms with Crippen molar-refractivity contribution in [3.8, 4) is 0 Å². The van der Waals surface area contributed by atoms with Crippen molar-refractivity contribution in [2.24, 2.45) is 0 Å². The summed E-state index contributed by atoms with van der Waals surface area (Å²) >= 11 is 0. The highest BCUT2D eigenvalue weighted by Crippen LogP contribution is 2.31. The van der Waals surface area contributed by atoms with Crippen molar-refractivity contribution >= 4 is 0 Å². The van der Waals surface area contributed by atoms with E-state index in [-0.39, 0.29) is 6.54 Å². The molecule has 0 aliphatic heterocycles. The fraction of sp³-hybridized carbons (Fsp3) is 0.273. The number of benzene rings is 1. The summed E-state index contributed by atoms with van der Waals surface area (Å²) in [4.78, 5) is 0. The molecule has 88 valence electrons. The quantitative estimate of drug-likeness (QED) is 0.478. The van der Waals surface area contributed by atoms with Crippen LogP contribution in [0.2, 0.25) is 0 Å². The molecule has 0 fully saturated rings. The highest BCUT2D eigenvalue weighted by atomic mass is 19.4. The molecule has 1 rings (SSSR count). The molecule has 1 N–H and O–H groups in total. The average molecular weight is 233 g/mol. The summed E-state index contributed by atoms with van der Waals surface area (Å²) in [5.41, 5.74) is -0.846. The summed E-state index contributed by atoms with van der Waals surface area (Å²) in [7, 11) is 0. The second kappa shape index (κ2) is 5.12. The Labute approximate surface area is 90.8 Å². The molecule has 0 unspecified atom stereocenters. The molecule has 1 aromatic rings. The first-order valence-electron chi connectivity index (χ1n) is 4.62. The molecule has 0 atom stereocenters. The molecule has 0 aliphatic rings. The fourth-order valence-electron chi connectivity index (χ4n) is 1.22. The summed E-state index contributed by atoms with van der Waals surface area (Å²) in [5.74, 6) is -1.25. The van der Waals surface area contributed by atoms with Gasteiger partial charge >= 0.3 is 6.18 Å². The van der Waals surface area contributed by atoms with Crippen LogP contribution in [-0.2, 0) is 12.7 Å². The van der Waals surface area contributed by atoms with E-state index in [1.807, 2.05) is 0 Å². The van der Waals surface area contributed by atoms with Gasteiger partial charge in [-0.1, -0.05) is 12.1 Å². The fourth-order valence-corrected chi connectivity index (χ4v) is 1.22. The molecule has 1 aromatic carbocycles. The van der Waals surface area contributed by atoms with Crippen LogP contribution in [0.4, 0.5) is 17.6 Å². The zero-order valence-electron chi connectivity index (χ0n) is 8.44. The molecular formula is C11H11F4N. The standard InChI is InChI=1S/C11H11F4N/c1-2-5-16-7-8-3-4-10(12)9(6-8)11(13,14)15/h2-4,6,16H,1,5,7H2. The Kier molecular flexibility index (Phi) is 4.06. The van der Waals surface area contributed by atoms with E-state index in [1.54, 1.807) is 6.08 Å². The summed E-state index contributed by atoms with van der Waals surface area (Å²) < 4.78 is 49.9. The van der Waals surface area contributed by atoms with Crippen molar-refractivity contribution in [2.75, 3.05) is 6.54 Å². The minimum atomic E-state index is -4.65. The van der Waals surface area contributed by atoms with E-state index in [0.717, 1.165) is 12.1 Å². The normalized spacial score (nSPS) is 11.5. The van der Waals surface area contributed by atoms with Crippen LogP contribution in [0, 0.1) is 5.82 Å². The lowest BCUT2D eigenvalue weighted by Crippen LogP contribution is -2.14. The molecule has 0 saturated carbocycles. The van der Waals surface area contributed by atoms with E-state index in [9.17, 15) is 17.6 Å². The van der Waals surface area contributed by atoms with E-state index >= 15 is 0 Å². The van der Waals surface area contributed by atoms with Gasteiger partial charge in [-0.3, -0.25) is 0 Å². The number of alkyl halides is 3. The second-order valence-corrected chi connectivity index (χ2v) is 3.23. The smallest absolute Gasteiger partial charge is 0.309 e. The Balaban J connectivity index is 2.85. The van der Waals surface area contributed by atoms with E-state index < -0.39 is 17.6 Å². The number of halogens is 4. The Morgan fingerprint density at radius 3 is 2.56 bits per heavy atom. The second-order valence-electron chi connectivity index (χ2n) is 3.23. The third kappa shape index (κ3) is 3.34. The van der Waals surface area contributed by atoms with Gasteiger partial charge in [0.05, 0.1) is 5.56 Å². The van der Waals surface area contributed by atoms with Crippen LogP contribution < -0.4 is 5.32 Å². The van der Waals surface area contributed by atoms with Gasteiger partial charge in [0.25, 0.3) is 0 Å². The molecule has 0 amide bonds. The lowest BCUT2D eigenvalue weighted by atomic mass is 10.1. The van der Waals surface area contributed by atoms with E-state index in [4.69, 9.17) is 0 Å². The van der Waals surface area contributed by atoms with Crippen molar-refractivity contribution in [1.82, 2.24) is 5.32 Å². The lowest BCUT2D eigenvalue weighted by Gasteiger charge is -2.10. The Hall–Kier alpha value is -1.36. The van der Waals surface area contributed by atoms with Gasteiger partial charge in [0, 0.05) is 13.1 Å². The van der Waals surface area contributed by atoms with Crippen molar-refractivity contribution in [3.63, 3.8) is 0 Å². The molecule has 0 aromatic heterocycles. The van der Waals surface area contributed by atoms with Crippen molar-refractivity contribution in [2.45, 2.75) is 12.7 Å². The van der Waals surface area contributed by atoms with Gasteiger partial charge in [-0.15, -0.1) is 6.58 Å². The maximum absolute atomic E-state index is 12.9. The number of hydrogen-bond donors (Lipinski definition) is 1. The van der Waals surface area contributed by atoms with Crippen LogP contribution in [0.15, 0.2) is 30.9 Å². The minimum absolute atomic E-state index is 0.245. The molecule has 0 aliphatic carbocycles. The largest absolute Gasteiger partial charge is 0.419 e. The Bertz CT molecular complexity index is 371. The van der Waals surface area contributed by atoms with Crippen LogP contribution in [0.3, 0.4) is 0 Å². The minimum Gasteiger partial charge on any atom is -0.309 e. The maximum atomic E-state index is 12.9. The molecule has 1 nitrogen and oxygen atoms in total. The summed E-state index contributed by atoms with van der Waals surface area (Å²) in [5, 5.41) is 2.84. The average Bonchev–Trinajstić information content (AvgIpc) is 2.19. The van der Waals surface area contributed by atoms with Crippen LogP contribution in [0.5, 0.6) is 0 Å². The number of hydrogen-bond acceptors (Lipinski definition) is 1. The van der Waals surface area contributed by atoms with Crippen LogP contribution in [-0.4, -0.2) is 6.54 Å². The van der Waals surface area contributed by atoms with Crippen molar-refractivity contribution in [1.29, 1.82) is 0 Å². The highest BCUT2D eigenvalue weighted by Gasteiger charge is 2.34. The van der Waals surface area contributed by atoms with E-state index in [2.05, 4.69) is 11.9 Å². The summed E-state index contributed by atoms with van der Waals surface area (Å²) in [6.07, 6.45) is -3.06. The van der Waals surface area contributed by atoms with Gasteiger partial charge in [0.15, 0.2) is 0 Å². The molecule has 0 radical (unpaired) electrons. The topological polar surface area (TPSA) is 12.0 Å². The van der Waals surface area contributed by atoms with Gasteiger partial charge in [-0.05, 0) is 17.7 Å². The van der Waals surface area contributed by atoms with Gasteiger partial charge in [-0.25, -0.2) is 4.39 Å². The van der Waals surface area contributed by atoms with Crippen LogP contribution in [0.25, 0.3) is 0 Å². The Morgan fingerprint density at radius 1 is 1.31 bits per heavy atom. The number of rotatable bonds is 4. The van der Waals surface area contributed by atoms with Crippen LogP contribution in [0.1, 0.15) is 11.1 Å². The molecule has 0 bridgehead atoms. The van der Waals surface area contributed by atoms with Crippen molar-refractivity contribution in [3.05, 3.63) is 47.8 Å². The van der Waals surface area contributed by atoms with Gasteiger partial charge in [0.2, 0.25) is 0 Å². The zero-order chi connectivity index (χ0) is 12.2. The van der Waals surface area contributed by atoms with Crippen molar-refractivity contribution < 1.29 is 17.6 Å². The van der Waals surface area contributed by atoms with Gasteiger partial charge < -0.3 is 5.32 Å². The third-order valence-electron chi connectivity index (χ3n) is 1.95. The predicted octanol–water partition coefficient (Wildman–Crippen LogP) is 3.12. The monoisotopic (exact) mass is 233 g/mol.